The van der Waals surface area contributed by atoms with E-state index in [9.17, 15) is 9.59 Å². The Balaban J connectivity index is 0.00000288. The molecular weight excluding hydrogens is 373 g/mol. The molecule has 1 aromatic heterocycles. The molecule has 1 atom stereocenters. The van der Waals surface area contributed by atoms with Crippen molar-refractivity contribution in [3.05, 3.63) is 62.5 Å². The van der Waals surface area contributed by atoms with Crippen molar-refractivity contribution >= 4 is 47.2 Å². The number of anilines is 1. The molecule has 1 heterocycles. The molecule has 0 fully saturated rings. The fourth-order valence-electron chi connectivity index (χ4n) is 1.94. The van der Waals surface area contributed by atoms with E-state index in [0.29, 0.717) is 22.3 Å². The minimum absolute atomic E-state index is 0. The van der Waals surface area contributed by atoms with Gasteiger partial charge in [-0.05, 0) is 23.8 Å². The molecule has 0 radical (unpaired) electrons. The third-order valence-electron chi connectivity index (χ3n) is 3.39. The second kappa shape index (κ2) is 9.08. The van der Waals surface area contributed by atoms with Crippen LogP contribution in [0.5, 0.6) is 0 Å². The van der Waals surface area contributed by atoms with Crippen molar-refractivity contribution in [3.8, 4) is 0 Å². The smallest absolute Gasteiger partial charge is 0.250 e. The molecule has 0 aliphatic rings. The number of nitrogens with one attached hydrogen (secondary N) is 1. The molecule has 5 nitrogen and oxygen atoms in total. The number of halogens is 3. The van der Waals surface area contributed by atoms with Gasteiger partial charge in [-0.1, -0.05) is 36.2 Å². The number of carbonyl (C=O) groups is 1. The Morgan fingerprint density at radius 1 is 1.25 bits per heavy atom. The Morgan fingerprint density at radius 2 is 1.96 bits per heavy atom. The van der Waals surface area contributed by atoms with Gasteiger partial charge in [0.2, 0.25) is 5.91 Å². The van der Waals surface area contributed by atoms with E-state index in [1.54, 1.807) is 37.4 Å². The maximum atomic E-state index is 12.0. The first-order valence-corrected chi connectivity index (χ1v) is 7.81. The van der Waals surface area contributed by atoms with Crippen LogP contribution in [-0.2, 0) is 11.3 Å². The van der Waals surface area contributed by atoms with Crippen LogP contribution in [0.4, 0.5) is 5.69 Å². The molecule has 2 rings (SSSR count). The van der Waals surface area contributed by atoms with Gasteiger partial charge in [0.1, 0.15) is 0 Å². The van der Waals surface area contributed by atoms with Crippen LogP contribution in [0.1, 0.15) is 12.5 Å². The molecule has 0 saturated heterocycles. The summed E-state index contributed by atoms with van der Waals surface area (Å²) in [5.74, 6) is -0.488. The maximum absolute atomic E-state index is 12.0. The van der Waals surface area contributed by atoms with Gasteiger partial charge in [0.05, 0.1) is 22.3 Å². The van der Waals surface area contributed by atoms with Crippen molar-refractivity contribution in [2.75, 3.05) is 11.9 Å². The van der Waals surface area contributed by atoms with Crippen LogP contribution in [0.25, 0.3) is 0 Å². The summed E-state index contributed by atoms with van der Waals surface area (Å²) in [6.45, 7) is 2.32. The average Bonchev–Trinajstić information content (AvgIpc) is 2.53. The summed E-state index contributed by atoms with van der Waals surface area (Å²) in [5.41, 5.74) is 6.66. The number of benzene rings is 1. The van der Waals surface area contributed by atoms with Crippen molar-refractivity contribution in [3.63, 3.8) is 0 Å². The molecule has 1 amide bonds. The Morgan fingerprint density at radius 3 is 2.58 bits per heavy atom. The Hall–Kier alpha value is -1.53. The zero-order valence-electron chi connectivity index (χ0n) is 13.0. The summed E-state index contributed by atoms with van der Waals surface area (Å²) in [6.07, 6.45) is 1.59. The highest BCUT2D eigenvalue weighted by molar-refractivity contribution is 6.42. The number of hydrogen-bond donors (Lipinski definition) is 2. The second-order valence-electron chi connectivity index (χ2n) is 5.26. The predicted molar refractivity (Wildman–Crippen MR) is 100 cm³/mol. The van der Waals surface area contributed by atoms with Gasteiger partial charge in [-0.2, -0.15) is 0 Å². The van der Waals surface area contributed by atoms with Gasteiger partial charge < -0.3 is 15.6 Å². The van der Waals surface area contributed by atoms with E-state index in [4.69, 9.17) is 28.9 Å². The molecule has 3 N–H and O–H groups in total. The Labute approximate surface area is 156 Å². The fraction of sp³-hybridized carbons (Fsp3) is 0.250. The largest absolute Gasteiger partial charge is 0.330 e. The van der Waals surface area contributed by atoms with Crippen molar-refractivity contribution in [1.29, 1.82) is 0 Å². The highest BCUT2D eigenvalue weighted by Crippen LogP contribution is 2.23. The first-order valence-electron chi connectivity index (χ1n) is 7.06. The molecule has 24 heavy (non-hydrogen) atoms. The molecular formula is C16H18Cl3N3O2. The first-order chi connectivity index (χ1) is 10.9. The van der Waals surface area contributed by atoms with E-state index in [1.807, 2.05) is 0 Å². The van der Waals surface area contributed by atoms with E-state index >= 15 is 0 Å². The topological polar surface area (TPSA) is 77.1 Å². The van der Waals surface area contributed by atoms with Crippen LogP contribution >= 0.6 is 35.6 Å². The van der Waals surface area contributed by atoms with Gasteiger partial charge in [0.25, 0.3) is 5.56 Å². The minimum Gasteiger partial charge on any atom is -0.330 e. The highest BCUT2D eigenvalue weighted by Gasteiger charge is 2.11. The number of aromatic nitrogens is 1. The molecule has 0 aliphatic carbocycles. The van der Waals surface area contributed by atoms with Gasteiger partial charge >= 0.3 is 0 Å². The quantitative estimate of drug-likeness (QED) is 0.823. The van der Waals surface area contributed by atoms with Crippen LogP contribution in [0, 0.1) is 5.92 Å². The summed E-state index contributed by atoms with van der Waals surface area (Å²) >= 11 is 11.9. The zero-order valence-corrected chi connectivity index (χ0v) is 15.3. The predicted octanol–water partition coefficient (Wildman–Crippen LogP) is 3.16. The monoisotopic (exact) mass is 389 g/mol. The van der Waals surface area contributed by atoms with Gasteiger partial charge in [-0.25, -0.2) is 0 Å². The molecule has 0 spiro atoms. The fourth-order valence-corrected chi connectivity index (χ4v) is 2.26. The number of carbonyl (C=O) groups excluding carboxylic acids is 1. The lowest BCUT2D eigenvalue weighted by Crippen LogP contribution is -2.27. The summed E-state index contributed by atoms with van der Waals surface area (Å²) in [6, 6.07) is 8.15. The van der Waals surface area contributed by atoms with E-state index in [-0.39, 0.29) is 36.3 Å². The molecule has 130 valence electrons. The number of pyridine rings is 1. The number of amides is 1. The molecule has 1 unspecified atom stereocenters. The summed E-state index contributed by atoms with van der Waals surface area (Å²) in [7, 11) is 0. The van der Waals surface area contributed by atoms with E-state index in [1.165, 1.54) is 10.6 Å². The number of nitrogens with zero attached hydrogens (tertiary/aromatic N) is 1. The lowest BCUT2D eigenvalue weighted by atomic mass is 10.1. The molecule has 0 bridgehead atoms. The minimum atomic E-state index is -0.301. The van der Waals surface area contributed by atoms with Gasteiger partial charge in [-0.15, -0.1) is 12.4 Å². The Bertz CT molecular complexity index is 777. The molecule has 8 heteroatoms. The summed E-state index contributed by atoms with van der Waals surface area (Å²) in [4.78, 5) is 23.8. The van der Waals surface area contributed by atoms with Crippen LogP contribution in [0.3, 0.4) is 0 Å². The number of hydrogen-bond acceptors (Lipinski definition) is 3. The van der Waals surface area contributed by atoms with Crippen molar-refractivity contribution in [1.82, 2.24) is 4.57 Å². The van der Waals surface area contributed by atoms with Gasteiger partial charge in [-0.3, -0.25) is 9.59 Å². The first kappa shape index (κ1) is 20.5. The zero-order chi connectivity index (χ0) is 17.0. The van der Waals surface area contributed by atoms with E-state index in [0.717, 1.165) is 5.56 Å². The summed E-state index contributed by atoms with van der Waals surface area (Å²) < 4.78 is 1.49. The lowest BCUT2D eigenvalue weighted by Gasteiger charge is -2.12. The van der Waals surface area contributed by atoms with Crippen molar-refractivity contribution in [2.45, 2.75) is 13.5 Å². The normalized spacial score (nSPS) is 11.5. The standard InChI is InChI=1S/C16H17Cl2N3O2.ClH/c1-10(7-19)16(23)20-12-3-5-15(22)21(9-12)8-11-2-4-13(17)14(18)6-11;/h2-6,9-10H,7-8,19H2,1H3,(H,20,23);1H. The van der Waals surface area contributed by atoms with Crippen LogP contribution in [0.2, 0.25) is 10.0 Å². The number of nitrogens with two attached hydrogens (primary N) is 1. The lowest BCUT2D eigenvalue weighted by molar-refractivity contribution is -0.119. The molecule has 1 aromatic carbocycles. The molecule has 0 saturated carbocycles. The number of rotatable bonds is 5. The SMILES string of the molecule is CC(CN)C(=O)Nc1ccc(=O)n(Cc2ccc(Cl)c(Cl)c2)c1.Cl. The van der Waals surface area contributed by atoms with Crippen LogP contribution < -0.4 is 16.6 Å². The van der Waals surface area contributed by atoms with E-state index < -0.39 is 0 Å². The van der Waals surface area contributed by atoms with Gasteiger partial charge in [0, 0.05) is 24.7 Å². The molecule has 2 aromatic rings. The van der Waals surface area contributed by atoms with Crippen molar-refractivity contribution in [2.24, 2.45) is 11.7 Å². The third kappa shape index (κ3) is 5.24. The maximum Gasteiger partial charge on any atom is 0.250 e. The third-order valence-corrected chi connectivity index (χ3v) is 4.13. The average molecular weight is 391 g/mol. The Kier molecular flexibility index (Phi) is 7.76. The van der Waals surface area contributed by atoms with Gasteiger partial charge in [0.15, 0.2) is 0 Å². The van der Waals surface area contributed by atoms with Crippen molar-refractivity contribution < 1.29 is 4.79 Å². The van der Waals surface area contributed by atoms with E-state index in [2.05, 4.69) is 5.32 Å². The highest BCUT2D eigenvalue weighted by atomic mass is 35.5. The second-order valence-corrected chi connectivity index (χ2v) is 6.07. The van der Waals surface area contributed by atoms with Crippen LogP contribution in [0.15, 0.2) is 41.3 Å². The molecule has 0 aliphatic heterocycles. The summed E-state index contributed by atoms with van der Waals surface area (Å²) in [5, 5.41) is 3.63. The van der Waals surface area contributed by atoms with Crippen LogP contribution in [-0.4, -0.2) is 17.0 Å².